The molecule has 0 spiro atoms. The quantitative estimate of drug-likeness (QED) is 0.512. The van der Waals surface area contributed by atoms with Crippen molar-refractivity contribution in [3.8, 4) is 0 Å². The van der Waals surface area contributed by atoms with E-state index in [1.165, 1.54) is 12.8 Å². The molecule has 1 aromatic rings. The van der Waals surface area contributed by atoms with Crippen LogP contribution in [0, 0.1) is 16.0 Å². The van der Waals surface area contributed by atoms with Crippen LogP contribution in [0.4, 0.5) is 11.4 Å². The van der Waals surface area contributed by atoms with Crippen LogP contribution in [0.2, 0.25) is 0 Å². The van der Waals surface area contributed by atoms with Crippen LogP contribution in [-0.2, 0) is 0 Å². The lowest BCUT2D eigenvalue weighted by Crippen LogP contribution is -2.15. The third-order valence-electron chi connectivity index (χ3n) is 3.39. The van der Waals surface area contributed by atoms with Crippen molar-refractivity contribution in [1.82, 2.24) is 0 Å². The first kappa shape index (κ1) is 13.2. The zero-order valence-corrected chi connectivity index (χ0v) is 11.3. The molecule has 0 heterocycles. The number of nitro benzene ring substituents is 1. The number of nitrogens with two attached hydrogens (primary N) is 1. The van der Waals surface area contributed by atoms with Gasteiger partial charge >= 0.3 is 5.69 Å². The number of rotatable bonds is 3. The molecular weight excluding hydrogens is 248 g/mol. The van der Waals surface area contributed by atoms with Gasteiger partial charge in [0.2, 0.25) is 0 Å². The number of benzene rings is 1. The fourth-order valence-electron chi connectivity index (χ4n) is 2.49. The maximum atomic E-state index is 11.1. The monoisotopic (exact) mass is 266 g/mol. The lowest BCUT2D eigenvalue weighted by molar-refractivity contribution is -0.386. The Balaban J connectivity index is 2.18. The van der Waals surface area contributed by atoms with Crippen LogP contribution < -0.4 is 5.73 Å². The lowest BCUT2D eigenvalue weighted by atomic mass is 9.91. The fourth-order valence-corrected chi connectivity index (χ4v) is 4.02. The van der Waals surface area contributed by atoms with Crippen molar-refractivity contribution in [2.75, 3.05) is 5.73 Å². The zero-order valence-electron chi connectivity index (χ0n) is 10.5. The summed E-state index contributed by atoms with van der Waals surface area (Å²) in [5, 5.41) is 11.5. The standard InChI is InChI=1S/C13H18N2O2S/c1-9-4-2-5-10(8-9)18-12-7-3-6-11(14)13(12)15(16)17/h3,6-7,9-10H,2,4-5,8,14H2,1H3. The molecule has 0 radical (unpaired) electrons. The predicted molar refractivity (Wildman–Crippen MR) is 74.8 cm³/mol. The second-order valence-corrected chi connectivity index (χ2v) is 6.30. The molecule has 1 aliphatic carbocycles. The van der Waals surface area contributed by atoms with Gasteiger partial charge in [-0.15, -0.1) is 11.8 Å². The summed E-state index contributed by atoms with van der Waals surface area (Å²) in [6, 6.07) is 5.18. The van der Waals surface area contributed by atoms with E-state index in [9.17, 15) is 10.1 Å². The van der Waals surface area contributed by atoms with E-state index in [-0.39, 0.29) is 16.3 Å². The number of nitrogens with zero attached hydrogens (tertiary/aromatic N) is 1. The highest BCUT2D eigenvalue weighted by atomic mass is 32.2. The van der Waals surface area contributed by atoms with Crippen molar-refractivity contribution in [2.45, 2.75) is 42.8 Å². The number of nitro groups is 1. The fraction of sp³-hybridized carbons (Fsp3) is 0.538. The molecule has 0 bridgehead atoms. The maximum Gasteiger partial charge on any atom is 0.305 e. The third-order valence-corrected chi connectivity index (χ3v) is 4.74. The largest absolute Gasteiger partial charge is 0.393 e. The summed E-state index contributed by atoms with van der Waals surface area (Å²) in [6.45, 7) is 2.25. The van der Waals surface area contributed by atoms with Crippen LogP contribution in [0.15, 0.2) is 23.1 Å². The van der Waals surface area contributed by atoms with Crippen molar-refractivity contribution in [3.05, 3.63) is 28.3 Å². The Morgan fingerprint density at radius 3 is 2.89 bits per heavy atom. The average molecular weight is 266 g/mol. The minimum absolute atomic E-state index is 0.0701. The zero-order chi connectivity index (χ0) is 13.1. The van der Waals surface area contributed by atoms with Gasteiger partial charge in [0.1, 0.15) is 5.69 Å². The summed E-state index contributed by atoms with van der Waals surface area (Å²) in [6.07, 6.45) is 4.77. The molecule has 0 saturated heterocycles. The Kier molecular flexibility index (Phi) is 4.11. The minimum atomic E-state index is -0.371. The van der Waals surface area contributed by atoms with E-state index >= 15 is 0 Å². The highest BCUT2D eigenvalue weighted by Crippen LogP contribution is 2.41. The van der Waals surface area contributed by atoms with Gasteiger partial charge in [-0.25, -0.2) is 0 Å². The Morgan fingerprint density at radius 1 is 1.44 bits per heavy atom. The molecule has 1 aliphatic rings. The minimum Gasteiger partial charge on any atom is -0.393 e. The normalized spacial score (nSPS) is 23.8. The summed E-state index contributed by atoms with van der Waals surface area (Å²) >= 11 is 1.62. The Bertz CT molecular complexity index is 451. The number of hydrogen-bond donors (Lipinski definition) is 1. The van der Waals surface area contributed by atoms with Gasteiger partial charge in [0.05, 0.1) is 9.82 Å². The summed E-state index contributed by atoms with van der Waals surface area (Å²) in [5.74, 6) is 0.719. The molecule has 1 saturated carbocycles. The molecule has 0 aliphatic heterocycles. The molecule has 2 unspecified atom stereocenters. The SMILES string of the molecule is CC1CCCC(Sc2cccc(N)c2[N+](=O)[O-])C1. The van der Waals surface area contributed by atoms with Gasteiger partial charge in [0, 0.05) is 5.25 Å². The number of nitrogen functional groups attached to an aromatic ring is 1. The predicted octanol–water partition coefficient (Wildman–Crippen LogP) is 3.85. The van der Waals surface area contributed by atoms with Crippen molar-refractivity contribution in [2.24, 2.45) is 5.92 Å². The molecule has 2 atom stereocenters. The second kappa shape index (κ2) is 5.61. The number of anilines is 1. The summed E-state index contributed by atoms with van der Waals surface area (Å²) in [5.41, 5.74) is 6.03. The molecule has 4 nitrogen and oxygen atoms in total. The van der Waals surface area contributed by atoms with Crippen molar-refractivity contribution in [3.63, 3.8) is 0 Å². The van der Waals surface area contributed by atoms with Gasteiger partial charge in [0.25, 0.3) is 0 Å². The van der Waals surface area contributed by atoms with E-state index < -0.39 is 0 Å². The van der Waals surface area contributed by atoms with E-state index in [1.807, 2.05) is 0 Å². The third kappa shape index (κ3) is 2.96. The summed E-state index contributed by atoms with van der Waals surface area (Å²) in [7, 11) is 0. The van der Waals surface area contributed by atoms with Gasteiger partial charge in [-0.3, -0.25) is 10.1 Å². The lowest BCUT2D eigenvalue weighted by Gasteiger charge is -2.26. The van der Waals surface area contributed by atoms with Crippen LogP contribution in [0.1, 0.15) is 32.6 Å². The van der Waals surface area contributed by atoms with Crippen molar-refractivity contribution in [1.29, 1.82) is 0 Å². The Hall–Kier alpha value is -1.23. The van der Waals surface area contributed by atoms with Crippen molar-refractivity contribution < 1.29 is 4.92 Å². The molecule has 18 heavy (non-hydrogen) atoms. The van der Waals surface area contributed by atoms with Gasteiger partial charge in [-0.1, -0.05) is 25.8 Å². The van der Waals surface area contributed by atoms with E-state index in [1.54, 1.807) is 30.0 Å². The Morgan fingerprint density at radius 2 is 2.22 bits per heavy atom. The molecule has 2 rings (SSSR count). The van der Waals surface area contributed by atoms with E-state index in [2.05, 4.69) is 6.92 Å². The first-order chi connectivity index (χ1) is 8.58. The van der Waals surface area contributed by atoms with E-state index in [0.717, 1.165) is 18.8 Å². The first-order valence-electron chi connectivity index (χ1n) is 6.27. The highest BCUT2D eigenvalue weighted by molar-refractivity contribution is 8.00. The maximum absolute atomic E-state index is 11.1. The van der Waals surface area contributed by atoms with Crippen LogP contribution in [-0.4, -0.2) is 10.2 Å². The number of thioether (sulfide) groups is 1. The van der Waals surface area contributed by atoms with Gasteiger partial charge in [-0.2, -0.15) is 0 Å². The second-order valence-electron chi connectivity index (χ2n) is 4.96. The molecule has 5 heteroatoms. The molecule has 2 N–H and O–H groups in total. The van der Waals surface area contributed by atoms with Crippen LogP contribution in [0.5, 0.6) is 0 Å². The van der Waals surface area contributed by atoms with E-state index in [0.29, 0.717) is 10.1 Å². The smallest absolute Gasteiger partial charge is 0.305 e. The van der Waals surface area contributed by atoms with Gasteiger partial charge in [0.15, 0.2) is 0 Å². The van der Waals surface area contributed by atoms with Crippen LogP contribution in [0.25, 0.3) is 0 Å². The van der Waals surface area contributed by atoms with Crippen molar-refractivity contribution >= 4 is 23.1 Å². The average Bonchev–Trinajstić information content (AvgIpc) is 2.28. The van der Waals surface area contributed by atoms with Gasteiger partial charge < -0.3 is 5.73 Å². The number of para-hydroxylation sites is 1. The Labute approximate surface area is 111 Å². The molecule has 0 aromatic heterocycles. The molecule has 1 fully saturated rings. The molecular formula is C13H18N2O2S. The summed E-state index contributed by atoms with van der Waals surface area (Å²) in [4.78, 5) is 11.4. The molecule has 1 aromatic carbocycles. The molecule has 0 amide bonds. The summed E-state index contributed by atoms with van der Waals surface area (Å²) < 4.78 is 0. The van der Waals surface area contributed by atoms with Crippen LogP contribution in [0.3, 0.4) is 0 Å². The van der Waals surface area contributed by atoms with Gasteiger partial charge in [-0.05, 0) is 30.9 Å². The molecule has 98 valence electrons. The topological polar surface area (TPSA) is 69.2 Å². The van der Waals surface area contributed by atoms with Crippen LogP contribution >= 0.6 is 11.8 Å². The van der Waals surface area contributed by atoms with E-state index in [4.69, 9.17) is 5.73 Å². The first-order valence-corrected chi connectivity index (χ1v) is 7.15. The number of hydrogen-bond acceptors (Lipinski definition) is 4. The highest BCUT2D eigenvalue weighted by Gasteiger charge is 2.24.